The standard InChI is InChI=1S/C23H26FN5/c1-17-6-5-7-19(14-17)16-25-22-15-23(27-18(2)26-22)29-12-10-28(11-13-29)21-9-4-3-8-20(21)24/h3-9,14-15H,10-13,16H2,1-2H3,(H,25,26,27). The molecule has 2 aromatic carbocycles. The molecule has 0 aliphatic carbocycles. The highest BCUT2D eigenvalue weighted by molar-refractivity contribution is 5.53. The van der Waals surface area contributed by atoms with E-state index in [2.05, 4.69) is 56.3 Å². The van der Waals surface area contributed by atoms with E-state index in [1.807, 2.05) is 25.1 Å². The number of benzene rings is 2. The lowest BCUT2D eigenvalue weighted by Crippen LogP contribution is -2.47. The van der Waals surface area contributed by atoms with Crippen LogP contribution >= 0.6 is 0 Å². The zero-order valence-corrected chi connectivity index (χ0v) is 16.9. The Hall–Kier alpha value is -3.15. The van der Waals surface area contributed by atoms with E-state index < -0.39 is 0 Å². The summed E-state index contributed by atoms with van der Waals surface area (Å²) in [6, 6.07) is 17.4. The molecule has 0 radical (unpaired) electrons. The Morgan fingerprint density at radius 3 is 2.41 bits per heavy atom. The maximum Gasteiger partial charge on any atom is 0.146 e. The molecule has 1 N–H and O–H groups in total. The van der Waals surface area contributed by atoms with Crippen molar-refractivity contribution < 1.29 is 4.39 Å². The summed E-state index contributed by atoms with van der Waals surface area (Å²) >= 11 is 0. The first-order valence-corrected chi connectivity index (χ1v) is 9.98. The molecule has 0 spiro atoms. The largest absolute Gasteiger partial charge is 0.366 e. The fraction of sp³-hybridized carbons (Fsp3) is 0.304. The molecule has 150 valence electrons. The van der Waals surface area contributed by atoms with Gasteiger partial charge in [0.1, 0.15) is 23.3 Å². The predicted molar refractivity (Wildman–Crippen MR) is 116 cm³/mol. The molecule has 0 amide bonds. The quantitative estimate of drug-likeness (QED) is 0.707. The first-order chi connectivity index (χ1) is 14.1. The van der Waals surface area contributed by atoms with E-state index in [0.717, 1.165) is 50.2 Å². The lowest BCUT2D eigenvalue weighted by atomic mass is 10.1. The Morgan fingerprint density at radius 2 is 1.66 bits per heavy atom. The summed E-state index contributed by atoms with van der Waals surface area (Å²) in [5, 5.41) is 3.41. The number of halogens is 1. The number of nitrogens with zero attached hydrogens (tertiary/aromatic N) is 4. The first kappa shape index (κ1) is 19.2. The predicted octanol–water partition coefficient (Wildman–Crippen LogP) is 4.17. The van der Waals surface area contributed by atoms with Crippen LogP contribution in [0.4, 0.5) is 21.7 Å². The zero-order valence-electron chi connectivity index (χ0n) is 16.9. The van der Waals surface area contributed by atoms with Crippen LogP contribution in [0.15, 0.2) is 54.6 Å². The molecule has 29 heavy (non-hydrogen) atoms. The van der Waals surface area contributed by atoms with E-state index in [0.29, 0.717) is 5.69 Å². The van der Waals surface area contributed by atoms with Crippen molar-refractivity contribution in [1.82, 2.24) is 9.97 Å². The van der Waals surface area contributed by atoms with Gasteiger partial charge in [0.25, 0.3) is 0 Å². The minimum Gasteiger partial charge on any atom is -0.366 e. The maximum absolute atomic E-state index is 14.1. The average Bonchev–Trinajstić information content (AvgIpc) is 2.72. The number of rotatable bonds is 5. The third-order valence-electron chi connectivity index (χ3n) is 5.18. The summed E-state index contributed by atoms with van der Waals surface area (Å²) < 4.78 is 14.1. The van der Waals surface area contributed by atoms with E-state index in [-0.39, 0.29) is 5.82 Å². The molecule has 5 nitrogen and oxygen atoms in total. The topological polar surface area (TPSA) is 44.3 Å². The van der Waals surface area contributed by atoms with Crippen LogP contribution in [0.2, 0.25) is 0 Å². The summed E-state index contributed by atoms with van der Waals surface area (Å²) in [7, 11) is 0. The van der Waals surface area contributed by atoms with Crippen LogP contribution in [0.1, 0.15) is 17.0 Å². The van der Waals surface area contributed by atoms with E-state index >= 15 is 0 Å². The molecule has 1 fully saturated rings. The number of anilines is 3. The fourth-order valence-electron chi connectivity index (χ4n) is 3.70. The van der Waals surface area contributed by atoms with Crippen LogP contribution in [-0.4, -0.2) is 36.1 Å². The molecule has 1 saturated heterocycles. The zero-order chi connectivity index (χ0) is 20.2. The Labute approximate surface area is 171 Å². The van der Waals surface area contributed by atoms with E-state index in [4.69, 9.17) is 0 Å². The molecular weight excluding hydrogens is 365 g/mol. The highest BCUT2D eigenvalue weighted by Crippen LogP contribution is 2.23. The van der Waals surface area contributed by atoms with Gasteiger partial charge in [0.2, 0.25) is 0 Å². The average molecular weight is 391 g/mol. The summed E-state index contributed by atoms with van der Waals surface area (Å²) in [4.78, 5) is 13.5. The minimum absolute atomic E-state index is 0.165. The maximum atomic E-state index is 14.1. The van der Waals surface area contributed by atoms with Gasteiger partial charge in [-0.05, 0) is 31.5 Å². The van der Waals surface area contributed by atoms with Gasteiger partial charge in [-0.25, -0.2) is 14.4 Å². The normalized spacial score (nSPS) is 14.2. The monoisotopic (exact) mass is 391 g/mol. The third kappa shape index (κ3) is 4.65. The van der Waals surface area contributed by atoms with Crippen LogP contribution in [0.3, 0.4) is 0 Å². The van der Waals surface area contributed by atoms with Crippen molar-refractivity contribution in [3.8, 4) is 0 Å². The summed E-state index contributed by atoms with van der Waals surface area (Å²) in [5.41, 5.74) is 3.14. The SMILES string of the molecule is Cc1cccc(CNc2cc(N3CCN(c4ccccc4F)CC3)nc(C)n2)c1. The molecule has 2 heterocycles. The summed E-state index contributed by atoms with van der Waals surface area (Å²) in [6.07, 6.45) is 0. The van der Waals surface area contributed by atoms with Crippen LogP contribution in [-0.2, 0) is 6.54 Å². The number of para-hydroxylation sites is 1. The Balaban J connectivity index is 1.42. The molecule has 6 heteroatoms. The van der Waals surface area contributed by atoms with Crippen molar-refractivity contribution in [2.45, 2.75) is 20.4 Å². The second-order valence-corrected chi connectivity index (χ2v) is 7.43. The second-order valence-electron chi connectivity index (χ2n) is 7.43. The van der Waals surface area contributed by atoms with Gasteiger partial charge < -0.3 is 15.1 Å². The highest BCUT2D eigenvalue weighted by Gasteiger charge is 2.21. The number of hydrogen-bond donors (Lipinski definition) is 1. The molecule has 1 aromatic heterocycles. The van der Waals surface area contributed by atoms with Gasteiger partial charge in [-0.15, -0.1) is 0 Å². The summed E-state index contributed by atoms with van der Waals surface area (Å²) in [5.74, 6) is 2.32. The van der Waals surface area contributed by atoms with Crippen molar-refractivity contribution in [1.29, 1.82) is 0 Å². The van der Waals surface area contributed by atoms with E-state index in [1.165, 1.54) is 17.2 Å². The first-order valence-electron chi connectivity index (χ1n) is 9.98. The molecule has 1 aliphatic rings. The van der Waals surface area contributed by atoms with Gasteiger partial charge >= 0.3 is 0 Å². The van der Waals surface area contributed by atoms with Crippen molar-refractivity contribution in [3.05, 3.63) is 77.4 Å². The molecular formula is C23H26FN5. The lowest BCUT2D eigenvalue weighted by Gasteiger charge is -2.37. The van der Waals surface area contributed by atoms with Crippen molar-refractivity contribution in [3.63, 3.8) is 0 Å². The Kier molecular flexibility index (Phi) is 5.60. The number of hydrogen-bond acceptors (Lipinski definition) is 5. The van der Waals surface area contributed by atoms with Gasteiger partial charge in [0, 0.05) is 38.8 Å². The fourth-order valence-corrected chi connectivity index (χ4v) is 3.70. The molecule has 0 unspecified atom stereocenters. The minimum atomic E-state index is -0.165. The van der Waals surface area contributed by atoms with Crippen LogP contribution < -0.4 is 15.1 Å². The van der Waals surface area contributed by atoms with Crippen LogP contribution in [0.5, 0.6) is 0 Å². The number of nitrogens with one attached hydrogen (secondary N) is 1. The lowest BCUT2D eigenvalue weighted by molar-refractivity contribution is 0.596. The third-order valence-corrected chi connectivity index (χ3v) is 5.18. The molecule has 0 atom stereocenters. The number of aryl methyl sites for hydroxylation is 2. The van der Waals surface area contributed by atoms with E-state index in [1.54, 1.807) is 6.07 Å². The Morgan fingerprint density at radius 1 is 0.897 bits per heavy atom. The van der Waals surface area contributed by atoms with Crippen molar-refractivity contribution in [2.24, 2.45) is 0 Å². The van der Waals surface area contributed by atoms with Crippen molar-refractivity contribution in [2.75, 3.05) is 41.3 Å². The van der Waals surface area contributed by atoms with Gasteiger partial charge in [-0.2, -0.15) is 0 Å². The van der Waals surface area contributed by atoms with Gasteiger partial charge in [-0.1, -0.05) is 42.0 Å². The van der Waals surface area contributed by atoms with Gasteiger partial charge in [-0.3, -0.25) is 0 Å². The smallest absolute Gasteiger partial charge is 0.146 e. The molecule has 1 aliphatic heterocycles. The Bertz CT molecular complexity index is 983. The molecule has 0 bridgehead atoms. The van der Waals surface area contributed by atoms with Crippen LogP contribution in [0, 0.1) is 19.7 Å². The highest BCUT2D eigenvalue weighted by atomic mass is 19.1. The molecule has 0 saturated carbocycles. The van der Waals surface area contributed by atoms with Crippen molar-refractivity contribution >= 4 is 17.3 Å². The van der Waals surface area contributed by atoms with Gasteiger partial charge in [0.05, 0.1) is 5.69 Å². The number of piperazine rings is 1. The second kappa shape index (κ2) is 8.47. The van der Waals surface area contributed by atoms with Crippen LogP contribution in [0.25, 0.3) is 0 Å². The summed E-state index contributed by atoms with van der Waals surface area (Å²) in [6.45, 7) is 7.84. The number of aromatic nitrogens is 2. The van der Waals surface area contributed by atoms with Gasteiger partial charge in [0.15, 0.2) is 0 Å². The molecule has 3 aromatic rings. The molecule has 4 rings (SSSR count). The van der Waals surface area contributed by atoms with E-state index in [9.17, 15) is 4.39 Å².